The van der Waals surface area contributed by atoms with Gasteiger partial charge in [-0.1, -0.05) is 31.2 Å². The van der Waals surface area contributed by atoms with Gasteiger partial charge in [0, 0.05) is 0 Å². The molecule has 0 saturated heterocycles. The van der Waals surface area contributed by atoms with Gasteiger partial charge in [0.15, 0.2) is 0 Å². The first-order valence-electron chi connectivity index (χ1n) is 6.40. The molecule has 1 heterocycles. The van der Waals surface area contributed by atoms with Crippen molar-refractivity contribution in [3.05, 3.63) is 10.6 Å². The highest BCUT2D eigenvalue weighted by Gasteiger charge is 2.27. The second kappa shape index (κ2) is 5.75. The van der Waals surface area contributed by atoms with Gasteiger partial charge in [0.2, 0.25) is 0 Å². The largest absolute Gasteiger partial charge is 0.391 e. The van der Waals surface area contributed by atoms with Gasteiger partial charge in [-0.25, -0.2) is 0 Å². The fraction of sp³-hybridized carbons (Fsp3) is 0.750. The van der Waals surface area contributed by atoms with Gasteiger partial charge in [-0.3, -0.25) is 4.79 Å². The minimum absolute atomic E-state index is 0.131. The van der Waals surface area contributed by atoms with Crippen LogP contribution in [-0.4, -0.2) is 32.7 Å². The number of hydrogen-bond acceptors (Lipinski definition) is 5. The lowest BCUT2D eigenvalue weighted by Gasteiger charge is -2.28. The summed E-state index contributed by atoms with van der Waals surface area (Å²) in [5.74, 6) is 0.0282. The van der Waals surface area contributed by atoms with E-state index in [-0.39, 0.29) is 17.9 Å². The summed E-state index contributed by atoms with van der Waals surface area (Å²) in [6.45, 7) is 3.98. The van der Waals surface area contributed by atoms with Crippen molar-refractivity contribution in [2.24, 2.45) is 0 Å². The second-order valence-electron chi connectivity index (χ2n) is 5.07. The summed E-state index contributed by atoms with van der Waals surface area (Å²) in [5, 5.41) is 16.8. The van der Waals surface area contributed by atoms with E-state index in [0.29, 0.717) is 4.88 Å². The lowest BCUT2D eigenvalue weighted by Crippen LogP contribution is -2.45. The van der Waals surface area contributed by atoms with E-state index in [2.05, 4.69) is 14.9 Å². The Morgan fingerprint density at radius 1 is 1.44 bits per heavy atom. The molecule has 2 N–H and O–H groups in total. The maximum absolute atomic E-state index is 12.2. The second-order valence-corrected chi connectivity index (χ2v) is 5.83. The Bertz CT molecular complexity index is 419. The summed E-state index contributed by atoms with van der Waals surface area (Å²) >= 11 is 1.12. The molecular weight excluding hydrogens is 250 g/mol. The molecule has 1 aromatic rings. The van der Waals surface area contributed by atoms with E-state index in [1.54, 1.807) is 0 Å². The first-order chi connectivity index (χ1) is 8.59. The fourth-order valence-corrected chi connectivity index (χ4v) is 2.97. The predicted octanol–water partition coefficient (Wildman–Crippen LogP) is 1.69. The van der Waals surface area contributed by atoms with Crippen LogP contribution < -0.4 is 5.32 Å². The third-order valence-corrected chi connectivity index (χ3v) is 4.05. The van der Waals surface area contributed by atoms with Crippen LogP contribution in [-0.2, 0) is 0 Å². The molecule has 0 aromatic carbocycles. The number of aromatic nitrogens is 2. The predicted molar refractivity (Wildman–Crippen MR) is 69.7 cm³/mol. The van der Waals surface area contributed by atoms with Crippen LogP contribution in [0.15, 0.2) is 0 Å². The van der Waals surface area contributed by atoms with Crippen LogP contribution in [0.25, 0.3) is 0 Å². The Kier molecular flexibility index (Phi) is 4.29. The van der Waals surface area contributed by atoms with Crippen molar-refractivity contribution in [1.82, 2.24) is 14.9 Å². The molecule has 100 valence electrons. The first kappa shape index (κ1) is 13.4. The highest BCUT2D eigenvalue weighted by atomic mass is 32.1. The van der Waals surface area contributed by atoms with Crippen molar-refractivity contribution in [2.75, 3.05) is 0 Å². The maximum Gasteiger partial charge on any atom is 0.265 e. The highest BCUT2D eigenvalue weighted by molar-refractivity contribution is 7.08. The summed E-state index contributed by atoms with van der Waals surface area (Å²) in [5.41, 5.74) is 0.739. The fourth-order valence-electron chi connectivity index (χ4n) is 2.25. The van der Waals surface area contributed by atoms with Crippen molar-refractivity contribution in [3.8, 4) is 0 Å². The van der Waals surface area contributed by atoms with Gasteiger partial charge < -0.3 is 10.4 Å². The molecule has 1 aliphatic rings. The van der Waals surface area contributed by atoms with Crippen LogP contribution in [0, 0.1) is 0 Å². The number of nitrogens with zero attached hydrogens (tertiary/aromatic N) is 2. The minimum Gasteiger partial charge on any atom is -0.391 e. The van der Waals surface area contributed by atoms with Crippen LogP contribution in [0.1, 0.15) is 60.8 Å². The normalized spacial score (nSPS) is 24.2. The van der Waals surface area contributed by atoms with Gasteiger partial charge >= 0.3 is 0 Å². The quantitative estimate of drug-likeness (QED) is 0.875. The van der Waals surface area contributed by atoms with Crippen molar-refractivity contribution >= 4 is 17.4 Å². The molecule has 2 rings (SSSR count). The van der Waals surface area contributed by atoms with E-state index in [1.165, 1.54) is 0 Å². The van der Waals surface area contributed by atoms with Gasteiger partial charge in [-0.2, -0.15) is 0 Å². The average Bonchev–Trinajstić information content (AvgIpc) is 2.81. The van der Waals surface area contributed by atoms with E-state index >= 15 is 0 Å². The zero-order chi connectivity index (χ0) is 13.1. The van der Waals surface area contributed by atoms with E-state index in [1.807, 2.05) is 13.8 Å². The molecule has 5 nitrogen and oxygen atoms in total. The van der Waals surface area contributed by atoms with Gasteiger partial charge in [0.1, 0.15) is 4.88 Å². The number of aliphatic hydroxyl groups is 1. The Morgan fingerprint density at radius 3 is 2.83 bits per heavy atom. The molecule has 1 saturated carbocycles. The van der Waals surface area contributed by atoms with Crippen molar-refractivity contribution in [3.63, 3.8) is 0 Å². The number of aliphatic hydroxyl groups excluding tert-OH is 1. The number of amides is 1. The number of rotatable bonds is 3. The number of nitrogens with one attached hydrogen (secondary N) is 1. The van der Waals surface area contributed by atoms with E-state index in [4.69, 9.17) is 0 Å². The Morgan fingerprint density at radius 2 is 2.17 bits per heavy atom. The zero-order valence-electron chi connectivity index (χ0n) is 10.7. The van der Waals surface area contributed by atoms with Crippen LogP contribution >= 0.6 is 11.5 Å². The first-order valence-corrected chi connectivity index (χ1v) is 7.18. The summed E-state index contributed by atoms with van der Waals surface area (Å²) < 4.78 is 3.84. The Labute approximate surface area is 111 Å². The molecule has 0 spiro atoms. The average molecular weight is 269 g/mol. The monoisotopic (exact) mass is 269 g/mol. The Hall–Kier alpha value is -1.01. The third-order valence-electron chi connectivity index (χ3n) is 3.31. The molecule has 6 heteroatoms. The molecule has 0 aliphatic heterocycles. The lowest BCUT2D eigenvalue weighted by molar-refractivity contribution is 0.0719. The lowest BCUT2D eigenvalue weighted by atomic mass is 9.92. The smallest absolute Gasteiger partial charge is 0.265 e. The van der Waals surface area contributed by atoms with Crippen LogP contribution in [0.4, 0.5) is 0 Å². The maximum atomic E-state index is 12.2. The molecule has 1 fully saturated rings. The summed E-state index contributed by atoms with van der Waals surface area (Å²) in [7, 11) is 0. The zero-order valence-corrected chi connectivity index (χ0v) is 11.5. The van der Waals surface area contributed by atoms with Crippen LogP contribution in [0.3, 0.4) is 0 Å². The van der Waals surface area contributed by atoms with Crippen LogP contribution in [0.5, 0.6) is 0 Å². The van der Waals surface area contributed by atoms with Crippen molar-refractivity contribution in [1.29, 1.82) is 0 Å². The van der Waals surface area contributed by atoms with E-state index < -0.39 is 6.10 Å². The molecular formula is C12H19N3O2S. The highest BCUT2D eigenvalue weighted by Crippen LogP contribution is 2.22. The third kappa shape index (κ3) is 2.87. The summed E-state index contributed by atoms with van der Waals surface area (Å²) in [6, 6.07) is -0.131. The molecule has 1 aromatic heterocycles. The van der Waals surface area contributed by atoms with Gasteiger partial charge in [-0.15, -0.1) is 5.10 Å². The van der Waals surface area contributed by atoms with Gasteiger partial charge in [0.05, 0.1) is 17.8 Å². The molecule has 18 heavy (non-hydrogen) atoms. The van der Waals surface area contributed by atoms with Crippen molar-refractivity contribution < 1.29 is 9.90 Å². The molecule has 1 aliphatic carbocycles. The summed E-state index contributed by atoms with van der Waals surface area (Å²) in [6.07, 6.45) is 3.28. The molecule has 2 unspecified atom stereocenters. The number of carbonyl (C=O) groups excluding carboxylic acids is 1. The molecule has 0 radical (unpaired) electrons. The molecule has 0 bridgehead atoms. The van der Waals surface area contributed by atoms with Gasteiger partial charge in [0.25, 0.3) is 5.91 Å². The van der Waals surface area contributed by atoms with Gasteiger partial charge in [-0.05, 0) is 30.3 Å². The van der Waals surface area contributed by atoms with E-state index in [0.717, 1.165) is 42.9 Å². The number of carbonyl (C=O) groups is 1. The SMILES string of the molecule is CC(C)c1nnsc1C(=O)NC1CCCCC1O. The topological polar surface area (TPSA) is 75.1 Å². The van der Waals surface area contributed by atoms with Crippen LogP contribution in [0.2, 0.25) is 0 Å². The standard InChI is InChI=1S/C12H19N3O2S/c1-7(2)10-11(18-15-14-10)12(17)13-8-5-3-4-6-9(8)16/h7-9,16H,3-6H2,1-2H3,(H,13,17). The van der Waals surface area contributed by atoms with E-state index in [9.17, 15) is 9.90 Å². The van der Waals surface area contributed by atoms with Crippen molar-refractivity contribution in [2.45, 2.75) is 57.6 Å². The Balaban J connectivity index is 2.05. The number of hydrogen-bond donors (Lipinski definition) is 2. The molecule has 1 amide bonds. The molecule has 2 atom stereocenters. The minimum atomic E-state index is -0.425. The summed E-state index contributed by atoms with van der Waals surface area (Å²) in [4.78, 5) is 12.7.